The average Bonchev–Trinajstić information content (AvgIpc) is 3.44. The van der Waals surface area contributed by atoms with Crippen LogP contribution in [0, 0.1) is 6.92 Å². The zero-order valence-electron chi connectivity index (χ0n) is 24.3. The molecule has 8 aromatic rings. The Morgan fingerprint density at radius 3 is 2.07 bits per heavy atom. The van der Waals surface area contributed by atoms with Gasteiger partial charge >= 0.3 is 0 Å². The van der Waals surface area contributed by atoms with Gasteiger partial charge in [-0.2, -0.15) is 0 Å². The third-order valence-electron chi connectivity index (χ3n) is 8.66. The van der Waals surface area contributed by atoms with Crippen molar-refractivity contribution < 1.29 is 0 Å². The molecular weight excluding hydrogens is 539 g/mol. The molecule has 1 aromatic heterocycles. The lowest BCUT2D eigenvalue weighted by Crippen LogP contribution is -2.12. The maximum absolute atomic E-state index is 2.47. The molecule has 0 N–H and O–H groups in total. The Hall–Kier alpha value is -4.92. The van der Waals surface area contributed by atoms with Crippen molar-refractivity contribution in [2.45, 2.75) is 20.3 Å². The van der Waals surface area contributed by atoms with Gasteiger partial charge in [-0.1, -0.05) is 116 Å². The Labute approximate surface area is 255 Å². The quantitative estimate of drug-likeness (QED) is 0.186. The van der Waals surface area contributed by atoms with Crippen molar-refractivity contribution in [3.63, 3.8) is 0 Å². The highest BCUT2D eigenvalue weighted by Gasteiger charge is 2.21. The summed E-state index contributed by atoms with van der Waals surface area (Å²) in [6.07, 6.45) is 5.55. The lowest BCUT2D eigenvalue weighted by Gasteiger charge is -2.29. The molecule has 0 spiro atoms. The molecule has 0 amide bonds. The van der Waals surface area contributed by atoms with Crippen molar-refractivity contribution in [2.24, 2.45) is 0 Å². The first kappa shape index (κ1) is 25.8. The van der Waals surface area contributed by atoms with Gasteiger partial charge in [0, 0.05) is 42.2 Å². The van der Waals surface area contributed by atoms with Crippen molar-refractivity contribution in [3.8, 4) is 0 Å². The Kier molecular flexibility index (Phi) is 6.24. The number of hydrogen-bond acceptors (Lipinski definition) is 2. The number of hydrogen-bond donors (Lipinski definition) is 0. The van der Waals surface area contributed by atoms with E-state index in [1.807, 2.05) is 11.3 Å². The van der Waals surface area contributed by atoms with Gasteiger partial charge in [-0.25, -0.2) is 0 Å². The molecule has 0 aliphatic carbocycles. The third kappa shape index (κ3) is 4.13. The molecule has 8 rings (SSSR count). The van der Waals surface area contributed by atoms with Gasteiger partial charge < -0.3 is 4.90 Å². The van der Waals surface area contributed by atoms with Gasteiger partial charge in [0.05, 0.1) is 11.4 Å². The Morgan fingerprint density at radius 1 is 0.605 bits per heavy atom. The molecule has 0 aliphatic rings. The van der Waals surface area contributed by atoms with E-state index in [1.165, 1.54) is 75.0 Å². The molecule has 0 bridgehead atoms. The van der Waals surface area contributed by atoms with Gasteiger partial charge in [0.1, 0.15) is 0 Å². The highest BCUT2D eigenvalue weighted by Crippen LogP contribution is 2.47. The van der Waals surface area contributed by atoms with E-state index in [4.69, 9.17) is 0 Å². The average molecular weight is 570 g/mol. The number of nitrogens with zero attached hydrogens (tertiary/aromatic N) is 1. The smallest absolute Gasteiger partial charge is 0.0540 e. The molecule has 1 heterocycles. The van der Waals surface area contributed by atoms with E-state index in [0.717, 1.165) is 12.1 Å². The van der Waals surface area contributed by atoms with Gasteiger partial charge in [-0.05, 0) is 70.8 Å². The second-order valence-corrected chi connectivity index (χ2v) is 12.3. The second kappa shape index (κ2) is 10.4. The molecule has 0 radical (unpaired) electrons. The minimum atomic E-state index is 0.996. The highest BCUT2D eigenvalue weighted by atomic mass is 32.1. The third-order valence-corrected chi connectivity index (χ3v) is 9.86. The van der Waals surface area contributed by atoms with E-state index < -0.39 is 0 Å². The fourth-order valence-corrected chi connectivity index (χ4v) is 7.89. The summed E-state index contributed by atoms with van der Waals surface area (Å²) < 4.78 is 2.67. The Bertz CT molecular complexity index is 2350. The molecule has 0 aliphatic heterocycles. The van der Waals surface area contributed by atoms with Crippen LogP contribution >= 0.6 is 11.3 Å². The monoisotopic (exact) mass is 569 g/mol. The number of anilines is 3. The molecule has 1 nitrogen and oxygen atoms in total. The minimum Gasteiger partial charge on any atom is -0.309 e. The summed E-state index contributed by atoms with van der Waals surface area (Å²) in [6.45, 7) is 4.41. The number of benzene rings is 7. The SMILES string of the molecule is CC/C=C\c1c(C)cccc1N(c1ccc2sc3c4ccccc4c4ccccc4c3c2c1)c1cccc2ccccc12. The Morgan fingerprint density at radius 2 is 1.26 bits per heavy atom. The molecule has 7 aromatic carbocycles. The topological polar surface area (TPSA) is 3.24 Å². The first-order chi connectivity index (χ1) is 21.2. The van der Waals surface area contributed by atoms with E-state index in [-0.39, 0.29) is 0 Å². The summed E-state index contributed by atoms with van der Waals surface area (Å²) in [5, 5.41) is 10.4. The molecule has 0 fully saturated rings. The fourth-order valence-electron chi connectivity index (χ4n) is 6.66. The Balaban J connectivity index is 1.48. The van der Waals surface area contributed by atoms with E-state index in [0.29, 0.717) is 0 Å². The first-order valence-corrected chi connectivity index (χ1v) is 15.8. The number of fused-ring (bicyclic) bond motifs is 9. The summed E-state index contributed by atoms with van der Waals surface area (Å²) in [7, 11) is 0. The maximum Gasteiger partial charge on any atom is 0.0540 e. The largest absolute Gasteiger partial charge is 0.309 e. The summed E-state index contributed by atoms with van der Waals surface area (Å²) in [5.74, 6) is 0. The van der Waals surface area contributed by atoms with Gasteiger partial charge in [0.25, 0.3) is 0 Å². The lowest BCUT2D eigenvalue weighted by molar-refractivity contribution is 1.23. The molecule has 43 heavy (non-hydrogen) atoms. The van der Waals surface area contributed by atoms with Crippen LogP contribution in [-0.2, 0) is 0 Å². The van der Waals surface area contributed by atoms with Crippen LogP contribution < -0.4 is 4.90 Å². The zero-order chi connectivity index (χ0) is 28.9. The normalized spacial score (nSPS) is 12.0. The predicted octanol–water partition coefficient (Wildman–Crippen LogP) is 12.7. The van der Waals surface area contributed by atoms with Crippen molar-refractivity contribution in [2.75, 3.05) is 4.90 Å². The van der Waals surface area contributed by atoms with Crippen LogP contribution in [0.1, 0.15) is 24.5 Å². The summed E-state index contributed by atoms with van der Waals surface area (Å²) in [6, 6.07) is 46.8. The lowest BCUT2D eigenvalue weighted by atomic mass is 9.97. The zero-order valence-corrected chi connectivity index (χ0v) is 25.2. The predicted molar refractivity (Wildman–Crippen MR) is 191 cm³/mol. The van der Waals surface area contributed by atoms with Crippen molar-refractivity contribution in [3.05, 3.63) is 145 Å². The van der Waals surface area contributed by atoms with E-state index in [1.54, 1.807) is 0 Å². The van der Waals surface area contributed by atoms with Gasteiger partial charge in [-0.3, -0.25) is 0 Å². The first-order valence-electron chi connectivity index (χ1n) is 15.0. The van der Waals surface area contributed by atoms with Gasteiger partial charge in [0.15, 0.2) is 0 Å². The number of allylic oxidation sites excluding steroid dienone is 1. The molecule has 206 valence electrons. The minimum absolute atomic E-state index is 0.996. The van der Waals surface area contributed by atoms with Crippen LogP contribution in [0.2, 0.25) is 0 Å². The summed E-state index contributed by atoms with van der Waals surface area (Å²) in [5.41, 5.74) is 6.06. The number of rotatable bonds is 5. The van der Waals surface area contributed by atoms with Crippen LogP contribution in [0.5, 0.6) is 0 Å². The molecule has 2 heteroatoms. The maximum atomic E-state index is 2.47. The fraction of sp³-hybridized carbons (Fsp3) is 0.0732. The number of thiophene rings is 1. The van der Waals surface area contributed by atoms with Gasteiger partial charge in [0.2, 0.25) is 0 Å². The molecular formula is C41H31NS. The van der Waals surface area contributed by atoms with Crippen molar-refractivity contribution in [1.82, 2.24) is 0 Å². The van der Waals surface area contributed by atoms with E-state index in [2.05, 4.69) is 158 Å². The summed E-state index contributed by atoms with van der Waals surface area (Å²) in [4.78, 5) is 2.47. The van der Waals surface area contributed by atoms with Crippen LogP contribution in [0.15, 0.2) is 133 Å². The standard InChI is InChI=1S/C41H31NS/c1-3-4-16-30-27(2)13-11-22-37(30)42(38-23-12-15-28-14-5-6-17-31(28)38)29-24-25-39-36(26-29)40-34-20-9-7-18-32(34)33-19-8-10-21-35(33)41(40)43-39/h4-26H,3H2,1-2H3/b16-4-. The van der Waals surface area contributed by atoms with E-state index >= 15 is 0 Å². The van der Waals surface area contributed by atoms with Crippen molar-refractivity contribution in [1.29, 1.82) is 0 Å². The summed E-state index contributed by atoms with van der Waals surface area (Å²) >= 11 is 1.91. The molecule has 0 saturated carbocycles. The highest BCUT2D eigenvalue weighted by molar-refractivity contribution is 7.27. The molecule has 0 unspecified atom stereocenters. The van der Waals surface area contributed by atoms with Crippen LogP contribution in [0.25, 0.3) is 58.6 Å². The van der Waals surface area contributed by atoms with Crippen LogP contribution in [0.4, 0.5) is 17.1 Å². The van der Waals surface area contributed by atoms with Crippen molar-refractivity contribution >= 4 is 87.0 Å². The van der Waals surface area contributed by atoms with Crippen LogP contribution in [0.3, 0.4) is 0 Å². The molecule has 0 atom stereocenters. The van der Waals surface area contributed by atoms with Gasteiger partial charge in [-0.15, -0.1) is 11.3 Å². The number of aryl methyl sites for hydroxylation is 1. The van der Waals surface area contributed by atoms with Crippen LogP contribution in [-0.4, -0.2) is 0 Å². The second-order valence-electron chi connectivity index (χ2n) is 11.2. The molecule has 0 saturated heterocycles. The van der Waals surface area contributed by atoms with E-state index in [9.17, 15) is 0 Å².